The van der Waals surface area contributed by atoms with Gasteiger partial charge in [-0.3, -0.25) is 9.59 Å². The van der Waals surface area contributed by atoms with Crippen molar-refractivity contribution < 1.29 is 38.4 Å². The van der Waals surface area contributed by atoms with E-state index in [9.17, 15) is 9.59 Å². The van der Waals surface area contributed by atoms with Gasteiger partial charge < -0.3 is 34.5 Å². The molecule has 1 unspecified atom stereocenters. The van der Waals surface area contributed by atoms with Crippen molar-refractivity contribution in [3.05, 3.63) is 0 Å². The second-order valence-electron chi connectivity index (χ2n) is 6.20. The van der Waals surface area contributed by atoms with Gasteiger partial charge in [0.2, 0.25) is 0 Å². The number of hydrogen-bond acceptors (Lipinski definition) is 8. The normalized spacial score (nSPS) is 12.8. The number of carboxylic acid groups (broad SMARTS) is 1. The SMILES string of the molecule is CC(C)(C)OC(=O)C(N)COCCOCCOCCOCCC(=O)O. The van der Waals surface area contributed by atoms with Crippen LogP contribution in [0.1, 0.15) is 27.2 Å². The van der Waals surface area contributed by atoms with E-state index < -0.39 is 23.6 Å². The molecule has 0 saturated carbocycles. The highest BCUT2D eigenvalue weighted by Gasteiger charge is 2.22. The fraction of sp³-hybridized carbons (Fsp3) is 0.875. The molecule has 148 valence electrons. The predicted molar refractivity (Wildman–Crippen MR) is 89.3 cm³/mol. The third-order valence-corrected chi connectivity index (χ3v) is 2.58. The molecule has 0 rings (SSSR count). The van der Waals surface area contributed by atoms with Crippen molar-refractivity contribution in [2.75, 3.05) is 52.9 Å². The lowest BCUT2D eigenvalue weighted by atomic mass is 10.2. The Morgan fingerprint density at radius 3 is 1.76 bits per heavy atom. The van der Waals surface area contributed by atoms with Crippen LogP contribution in [0.25, 0.3) is 0 Å². The van der Waals surface area contributed by atoms with Gasteiger partial charge in [0.15, 0.2) is 0 Å². The van der Waals surface area contributed by atoms with E-state index in [1.165, 1.54) is 0 Å². The van der Waals surface area contributed by atoms with Gasteiger partial charge in [0.05, 0.1) is 59.3 Å². The summed E-state index contributed by atoms with van der Waals surface area (Å²) in [6.07, 6.45) is -0.0132. The summed E-state index contributed by atoms with van der Waals surface area (Å²) in [5, 5.41) is 8.41. The summed E-state index contributed by atoms with van der Waals surface area (Å²) in [5.41, 5.74) is 5.10. The lowest BCUT2D eigenvalue weighted by molar-refractivity contribution is -0.158. The van der Waals surface area contributed by atoms with E-state index in [1.54, 1.807) is 20.8 Å². The van der Waals surface area contributed by atoms with Crippen molar-refractivity contribution in [1.82, 2.24) is 0 Å². The highest BCUT2D eigenvalue weighted by Crippen LogP contribution is 2.07. The quantitative estimate of drug-likeness (QED) is 0.309. The minimum atomic E-state index is -0.886. The molecule has 1 atom stereocenters. The van der Waals surface area contributed by atoms with Crippen LogP contribution in [0, 0.1) is 0 Å². The third kappa shape index (κ3) is 17.4. The largest absolute Gasteiger partial charge is 0.481 e. The van der Waals surface area contributed by atoms with Crippen LogP contribution in [-0.2, 0) is 33.3 Å². The summed E-state index contributed by atoms with van der Waals surface area (Å²) in [6, 6.07) is -0.816. The fourth-order valence-corrected chi connectivity index (χ4v) is 1.48. The molecule has 0 aromatic carbocycles. The Morgan fingerprint density at radius 1 is 0.880 bits per heavy atom. The summed E-state index contributed by atoms with van der Waals surface area (Å²) in [4.78, 5) is 21.8. The zero-order valence-electron chi connectivity index (χ0n) is 15.3. The summed E-state index contributed by atoms with van der Waals surface area (Å²) in [5.74, 6) is -1.38. The minimum Gasteiger partial charge on any atom is -0.481 e. The first-order valence-corrected chi connectivity index (χ1v) is 8.23. The minimum absolute atomic E-state index is 0.0132. The van der Waals surface area contributed by atoms with Gasteiger partial charge in [-0.05, 0) is 20.8 Å². The predicted octanol–water partition coefficient (Wildman–Crippen LogP) is 0.197. The van der Waals surface area contributed by atoms with Crippen molar-refractivity contribution >= 4 is 11.9 Å². The van der Waals surface area contributed by atoms with Gasteiger partial charge in [0.1, 0.15) is 11.6 Å². The Morgan fingerprint density at radius 2 is 1.32 bits per heavy atom. The Kier molecular flexibility index (Phi) is 13.3. The number of hydrogen-bond donors (Lipinski definition) is 2. The van der Waals surface area contributed by atoms with Crippen LogP contribution in [0.3, 0.4) is 0 Å². The summed E-state index contributed by atoms with van der Waals surface area (Å²) < 4.78 is 26.0. The number of esters is 1. The van der Waals surface area contributed by atoms with Crippen LogP contribution in [0.2, 0.25) is 0 Å². The molecule has 25 heavy (non-hydrogen) atoms. The summed E-state index contributed by atoms with van der Waals surface area (Å²) in [7, 11) is 0. The van der Waals surface area contributed by atoms with Crippen LogP contribution in [0.15, 0.2) is 0 Å². The monoisotopic (exact) mass is 365 g/mol. The number of nitrogens with two attached hydrogens (primary N) is 1. The molecule has 0 bridgehead atoms. The number of ether oxygens (including phenoxy) is 5. The molecular weight excluding hydrogens is 334 g/mol. The number of aliphatic carboxylic acids is 1. The van der Waals surface area contributed by atoms with Crippen LogP contribution >= 0.6 is 0 Å². The van der Waals surface area contributed by atoms with Crippen molar-refractivity contribution in [1.29, 1.82) is 0 Å². The van der Waals surface area contributed by atoms with Gasteiger partial charge in [-0.25, -0.2) is 0 Å². The molecule has 0 radical (unpaired) electrons. The topological polar surface area (TPSA) is 127 Å². The molecule has 3 N–H and O–H groups in total. The molecule has 0 spiro atoms. The third-order valence-electron chi connectivity index (χ3n) is 2.58. The molecule has 0 amide bonds. The smallest absolute Gasteiger partial charge is 0.325 e. The van der Waals surface area contributed by atoms with Gasteiger partial charge in [-0.2, -0.15) is 0 Å². The average Bonchev–Trinajstić information content (AvgIpc) is 2.49. The first-order chi connectivity index (χ1) is 11.7. The molecule has 0 aliphatic carbocycles. The molecule has 9 nitrogen and oxygen atoms in total. The Balaban J connectivity index is 3.33. The van der Waals surface area contributed by atoms with E-state index >= 15 is 0 Å². The first-order valence-electron chi connectivity index (χ1n) is 8.23. The highest BCUT2D eigenvalue weighted by molar-refractivity contribution is 5.76. The van der Waals surface area contributed by atoms with Gasteiger partial charge in [-0.15, -0.1) is 0 Å². The molecule has 0 heterocycles. The van der Waals surface area contributed by atoms with Crippen molar-refractivity contribution in [2.45, 2.75) is 38.8 Å². The van der Waals surface area contributed by atoms with Crippen LogP contribution in [-0.4, -0.2) is 81.5 Å². The average molecular weight is 365 g/mol. The van der Waals surface area contributed by atoms with E-state index in [0.29, 0.717) is 39.6 Å². The summed E-state index contributed by atoms with van der Waals surface area (Å²) in [6.45, 7) is 7.78. The van der Waals surface area contributed by atoms with Gasteiger partial charge >= 0.3 is 11.9 Å². The lowest BCUT2D eigenvalue weighted by Gasteiger charge is -2.22. The fourth-order valence-electron chi connectivity index (χ4n) is 1.48. The Bertz CT molecular complexity index is 370. The van der Waals surface area contributed by atoms with Crippen LogP contribution in [0.5, 0.6) is 0 Å². The van der Waals surface area contributed by atoms with Gasteiger partial charge in [-0.1, -0.05) is 0 Å². The Hall–Kier alpha value is -1.26. The zero-order valence-corrected chi connectivity index (χ0v) is 15.3. The molecule has 0 aliphatic rings. The van der Waals surface area contributed by atoms with Crippen molar-refractivity contribution in [2.24, 2.45) is 5.73 Å². The maximum atomic E-state index is 11.6. The number of rotatable bonds is 15. The second kappa shape index (κ2) is 14.0. The van der Waals surface area contributed by atoms with Crippen LogP contribution < -0.4 is 5.73 Å². The first kappa shape index (κ1) is 23.7. The molecule has 0 aromatic rings. The lowest BCUT2D eigenvalue weighted by Crippen LogP contribution is -2.40. The molecule has 0 aromatic heterocycles. The van der Waals surface area contributed by atoms with Crippen molar-refractivity contribution in [3.8, 4) is 0 Å². The standard InChI is InChI=1S/C16H31NO8/c1-16(2,3)25-15(20)13(17)12-24-11-10-23-9-8-22-7-6-21-5-4-14(18)19/h13H,4-12,17H2,1-3H3,(H,18,19). The molecule has 0 saturated heterocycles. The molecule has 9 heteroatoms. The number of carbonyl (C=O) groups is 2. The van der Waals surface area contributed by atoms with Crippen molar-refractivity contribution in [3.63, 3.8) is 0 Å². The zero-order chi connectivity index (χ0) is 19.1. The number of carboxylic acids is 1. The van der Waals surface area contributed by atoms with E-state index in [-0.39, 0.29) is 19.6 Å². The van der Waals surface area contributed by atoms with Gasteiger partial charge in [0.25, 0.3) is 0 Å². The Labute approximate surface area is 148 Å². The van der Waals surface area contributed by atoms with E-state index in [0.717, 1.165) is 0 Å². The van der Waals surface area contributed by atoms with Gasteiger partial charge in [0, 0.05) is 0 Å². The molecular formula is C16H31NO8. The van der Waals surface area contributed by atoms with E-state index in [4.69, 9.17) is 34.5 Å². The number of carbonyl (C=O) groups excluding carboxylic acids is 1. The maximum absolute atomic E-state index is 11.6. The maximum Gasteiger partial charge on any atom is 0.325 e. The highest BCUT2D eigenvalue weighted by atomic mass is 16.6. The second-order valence-corrected chi connectivity index (χ2v) is 6.20. The van der Waals surface area contributed by atoms with Crippen LogP contribution in [0.4, 0.5) is 0 Å². The molecule has 0 fully saturated rings. The van der Waals surface area contributed by atoms with E-state index in [1.807, 2.05) is 0 Å². The summed E-state index contributed by atoms with van der Waals surface area (Å²) >= 11 is 0. The van der Waals surface area contributed by atoms with E-state index in [2.05, 4.69) is 0 Å². The molecule has 0 aliphatic heterocycles.